The number of carbonyl (C=O) groups excluding carboxylic acids is 1. The van der Waals surface area contributed by atoms with Crippen LogP contribution in [0.1, 0.15) is 18.1 Å². The predicted octanol–water partition coefficient (Wildman–Crippen LogP) is 2.42. The molecule has 1 rings (SSSR count). The van der Waals surface area contributed by atoms with Crippen molar-refractivity contribution in [3.05, 3.63) is 29.3 Å². The smallest absolute Gasteiger partial charge is 0.399 e. The van der Waals surface area contributed by atoms with Crippen molar-refractivity contribution >= 4 is 11.5 Å². The molecule has 0 aliphatic rings. The molecular weight excluding hydrogens is 207 g/mol. The molecule has 0 atom stereocenters. The lowest BCUT2D eigenvalue weighted by molar-refractivity contribution is -0.138. The first-order valence-corrected chi connectivity index (χ1v) is 4.25. The third-order valence-corrected chi connectivity index (χ3v) is 1.88. The van der Waals surface area contributed by atoms with E-state index in [0.29, 0.717) is 0 Å². The maximum absolute atomic E-state index is 12.5. The van der Waals surface area contributed by atoms with E-state index in [1.807, 2.05) is 0 Å². The molecule has 0 spiro atoms. The van der Waals surface area contributed by atoms with Gasteiger partial charge in [0, 0.05) is 12.1 Å². The molecule has 0 amide bonds. The summed E-state index contributed by atoms with van der Waals surface area (Å²) < 4.78 is 37.5. The van der Waals surface area contributed by atoms with Crippen LogP contribution in [0.25, 0.3) is 0 Å². The largest absolute Gasteiger partial charge is 0.416 e. The number of hydrogen-bond donors (Lipinski definition) is 1. The van der Waals surface area contributed by atoms with E-state index in [9.17, 15) is 18.0 Å². The summed E-state index contributed by atoms with van der Waals surface area (Å²) >= 11 is 0. The van der Waals surface area contributed by atoms with Crippen LogP contribution in [0, 0.1) is 0 Å². The van der Waals surface area contributed by atoms with Gasteiger partial charge in [-0.25, -0.2) is 0 Å². The third-order valence-electron chi connectivity index (χ3n) is 1.88. The zero-order valence-electron chi connectivity index (χ0n) is 8.06. The van der Waals surface area contributed by atoms with Gasteiger partial charge in [0.05, 0.1) is 5.56 Å². The molecule has 82 valence electrons. The molecule has 0 unspecified atom stereocenters. The standard InChI is InChI=1S/C10H10F3NO/c1-6(15)4-7-2-3-8(14)5-9(7)10(11,12)13/h2-3,5H,4,14H2,1H3. The zero-order chi connectivity index (χ0) is 11.6. The lowest BCUT2D eigenvalue weighted by Crippen LogP contribution is -2.12. The Bertz CT molecular complexity index is 385. The van der Waals surface area contributed by atoms with Crippen LogP contribution in [0.4, 0.5) is 18.9 Å². The third kappa shape index (κ3) is 2.97. The lowest BCUT2D eigenvalue weighted by Gasteiger charge is -2.12. The quantitative estimate of drug-likeness (QED) is 0.773. The van der Waals surface area contributed by atoms with Gasteiger partial charge in [0.15, 0.2) is 0 Å². The molecule has 0 fully saturated rings. The van der Waals surface area contributed by atoms with Crippen molar-refractivity contribution in [2.45, 2.75) is 19.5 Å². The number of nitrogen functional groups attached to an aromatic ring is 1. The maximum Gasteiger partial charge on any atom is 0.416 e. The molecule has 1 aromatic rings. The number of nitrogens with two attached hydrogens (primary N) is 1. The Kier molecular flexibility index (Phi) is 3.02. The average Bonchev–Trinajstić information content (AvgIpc) is 2.05. The van der Waals surface area contributed by atoms with Gasteiger partial charge in [0.2, 0.25) is 0 Å². The number of benzene rings is 1. The van der Waals surface area contributed by atoms with E-state index in [1.165, 1.54) is 19.1 Å². The molecule has 0 bridgehead atoms. The first-order valence-electron chi connectivity index (χ1n) is 4.25. The summed E-state index contributed by atoms with van der Waals surface area (Å²) in [7, 11) is 0. The number of rotatable bonds is 2. The number of carbonyl (C=O) groups is 1. The van der Waals surface area contributed by atoms with Gasteiger partial charge in [-0.3, -0.25) is 4.79 Å². The summed E-state index contributed by atoms with van der Waals surface area (Å²) in [6, 6.07) is 3.44. The molecule has 0 radical (unpaired) electrons. The maximum atomic E-state index is 12.5. The number of ketones is 1. The van der Waals surface area contributed by atoms with Gasteiger partial charge in [0.25, 0.3) is 0 Å². The average molecular weight is 217 g/mol. The van der Waals surface area contributed by atoms with Crippen molar-refractivity contribution in [2.75, 3.05) is 5.73 Å². The minimum absolute atomic E-state index is 0.0367. The summed E-state index contributed by atoms with van der Waals surface area (Å²) in [6.45, 7) is 1.25. The highest BCUT2D eigenvalue weighted by molar-refractivity contribution is 5.78. The minimum atomic E-state index is -4.47. The number of hydrogen-bond acceptors (Lipinski definition) is 2. The lowest BCUT2D eigenvalue weighted by atomic mass is 10.0. The van der Waals surface area contributed by atoms with Crippen LogP contribution < -0.4 is 5.73 Å². The second-order valence-corrected chi connectivity index (χ2v) is 3.29. The van der Waals surface area contributed by atoms with Gasteiger partial charge < -0.3 is 5.73 Å². The highest BCUT2D eigenvalue weighted by Crippen LogP contribution is 2.33. The van der Waals surface area contributed by atoms with E-state index in [-0.39, 0.29) is 23.5 Å². The van der Waals surface area contributed by atoms with Crippen LogP contribution in [-0.2, 0) is 17.4 Å². The van der Waals surface area contributed by atoms with Crippen molar-refractivity contribution in [3.8, 4) is 0 Å². The summed E-state index contributed by atoms with van der Waals surface area (Å²) in [5.74, 6) is -0.315. The van der Waals surface area contributed by atoms with Gasteiger partial charge in [-0.15, -0.1) is 0 Å². The number of Topliss-reactive ketones (excluding diaryl/α,β-unsaturated/α-hetero) is 1. The second kappa shape index (κ2) is 3.92. The van der Waals surface area contributed by atoms with Gasteiger partial charge in [0.1, 0.15) is 5.78 Å². The molecule has 0 saturated heterocycles. The summed E-state index contributed by atoms with van der Waals surface area (Å²) in [5, 5.41) is 0. The van der Waals surface area contributed by atoms with Gasteiger partial charge >= 0.3 is 6.18 Å². The molecule has 0 aliphatic carbocycles. The SMILES string of the molecule is CC(=O)Cc1ccc(N)cc1C(F)(F)F. The van der Waals surface area contributed by atoms with Crippen molar-refractivity contribution in [2.24, 2.45) is 0 Å². The number of halogens is 3. The van der Waals surface area contributed by atoms with Crippen LogP contribution in [0.2, 0.25) is 0 Å². The molecular formula is C10H10F3NO. The summed E-state index contributed by atoms with van der Waals surface area (Å²) in [5.41, 5.74) is 4.43. The van der Waals surface area contributed by atoms with Crippen molar-refractivity contribution in [3.63, 3.8) is 0 Å². The normalized spacial score (nSPS) is 11.5. The highest BCUT2D eigenvalue weighted by atomic mass is 19.4. The van der Waals surface area contributed by atoms with E-state index < -0.39 is 11.7 Å². The molecule has 5 heteroatoms. The van der Waals surface area contributed by atoms with E-state index >= 15 is 0 Å². The number of anilines is 1. The molecule has 0 aromatic heterocycles. The molecule has 0 aliphatic heterocycles. The molecule has 2 N–H and O–H groups in total. The van der Waals surface area contributed by atoms with Crippen molar-refractivity contribution in [1.82, 2.24) is 0 Å². The Labute approximate surface area is 84.9 Å². The van der Waals surface area contributed by atoms with E-state index in [0.717, 1.165) is 6.07 Å². The molecule has 0 saturated carbocycles. The number of alkyl halides is 3. The Balaban J connectivity index is 3.20. The van der Waals surface area contributed by atoms with Gasteiger partial charge in [-0.1, -0.05) is 6.07 Å². The van der Waals surface area contributed by atoms with Crippen LogP contribution >= 0.6 is 0 Å². The van der Waals surface area contributed by atoms with Crippen LogP contribution in [-0.4, -0.2) is 5.78 Å². The molecule has 15 heavy (non-hydrogen) atoms. The summed E-state index contributed by atoms with van der Waals surface area (Å²) in [4.78, 5) is 10.8. The Hall–Kier alpha value is -1.52. The van der Waals surface area contributed by atoms with Crippen molar-refractivity contribution < 1.29 is 18.0 Å². The minimum Gasteiger partial charge on any atom is -0.399 e. The monoisotopic (exact) mass is 217 g/mol. The Morgan fingerprint density at radius 3 is 2.47 bits per heavy atom. The Morgan fingerprint density at radius 1 is 1.40 bits per heavy atom. The first-order chi connectivity index (χ1) is 6.80. The summed E-state index contributed by atoms with van der Waals surface area (Å²) in [6.07, 6.45) is -4.70. The molecule has 0 heterocycles. The van der Waals surface area contributed by atoms with E-state index in [2.05, 4.69) is 0 Å². The fraction of sp³-hybridized carbons (Fsp3) is 0.300. The molecule has 1 aromatic carbocycles. The van der Waals surface area contributed by atoms with Crippen LogP contribution in [0.15, 0.2) is 18.2 Å². The fourth-order valence-corrected chi connectivity index (χ4v) is 1.28. The van der Waals surface area contributed by atoms with Crippen LogP contribution in [0.5, 0.6) is 0 Å². The van der Waals surface area contributed by atoms with Crippen LogP contribution in [0.3, 0.4) is 0 Å². The van der Waals surface area contributed by atoms with Crippen molar-refractivity contribution in [1.29, 1.82) is 0 Å². The van der Waals surface area contributed by atoms with Gasteiger partial charge in [-0.2, -0.15) is 13.2 Å². The first kappa shape index (κ1) is 11.6. The zero-order valence-corrected chi connectivity index (χ0v) is 8.06. The Morgan fingerprint density at radius 2 is 2.00 bits per heavy atom. The molecule has 2 nitrogen and oxygen atoms in total. The van der Waals surface area contributed by atoms with Gasteiger partial charge in [-0.05, 0) is 24.6 Å². The topological polar surface area (TPSA) is 43.1 Å². The second-order valence-electron chi connectivity index (χ2n) is 3.29. The van der Waals surface area contributed by atoms with E-state index in [4.69, 9.17) is 5.73 Å². The fourth-order valence-electron chi connectivity index (χ4n) is 1.28. The highest BCUT2D eigenvalue weighted by Gasteiger charge is 2.33. The predicted molar refractivity (Wildman–Crippen MR) is 50.2 cm³/mol. The van der Waals surface area contributed by atoms with E-state index in [1.54, 1.807) is 0 Å².